The topological polar surface area (TPSA) is 63.7 Å². The fourth-order valence-corrected chi connectivity index (χ4v) is 5.07. The van der Waals surface area contributed by atoms with Gasteiger partial charge in [0.15, 0.2) is 27.2 Å². The second-order valence-corrected chi connectivity index (χ2v) is 8.72. The van der Waals surface area contributed by atoms with E-state index in [9.17, 15) is 26.4 Å². The number of hydrogen-bond acceptors (Lipinski definition) is 4. The Kier molecular flexibility index (Phi) is 5.64. The number of methoxy groups -OCH3 is 1. The van der Waals surface area contributed by atoms with Gasteiger partial charge in [-0.3, -0.25) is 4.79 Å². The van der Waals surface area contributed by atoms with Crippen molar-refractivity contribution in [3.63, 3.8) is 0 Å². The van der Waals surface area contributed by atoms with Gasteiger partial charge >= 0.3 is 0 Å². The van der Waals surface area contributed by atoms with Crippen LogP contribution in [0.1, 0.15) is 27.6 Å². The zero-order valence-corrected chi connectivity index (χ0v) is 15.8. The van der Waals surface area contributed by atoms with E-state index in [0.717, 1.165) is 12.0 Å². The number of rotatable bonds is 3. The van der Waals surface area contributed by atoms with Crippen molar-refractivity contribution in [2.24, 2.45) is 0 Å². The summed E-state index contributed by atoms with van der Waals surface area (Å²) in [5.74, 6) is -6.50. The number of ether oxygens (including phenoxy) is 1. The highest BCUT2D eigenvalue weighted by Crippen LogP contribution is 2.31. The van der Waals surface area contributed by atoms with Crippen molar-refractivity contribution in [3.8, 4) is 5.75 Å². The smallest absolute Gasteiger partial charge is 0.257 e. The number of benzene rings is 2. The van der Waals surface area contributed by atoms with Crippen LogP contribution < -0.4 is 4.74 Å². The van der Waals surface area contributed by atoms with Crippen LogP contribution >= 0.6 is 0 Å². The summed E-state index contributed by atoms with van der Waals surface area (Å²) in [6.07, 6.45) is 0.112. The molecule has 1 heterocycles. The number of hydrogen-bond donors (Lipinski definition) is 0. The van der Waals surface area contributed by atoms with E-state index >= 15 is 0 Å². The van der Waals surface area contributed by atoms with Crippen molar-refractivity contribution in [2.75, 3.05) is 26.0 Å². The first-order chi connectivity index (χ1) is 13.3. The highest BCUT2D eigenvalue weighted by molar-refractivity contribution is 7.91. The Bertz CT molecular complexity index is 996. The lowest BCUT2D eigenvalue weighted by Gasteiger charge is -2.21. The van der Waals surface area contributed by atoms with Crippen LogP contribution in [-0.2, 0) is 9.84 Å². The van der Waals surface area contributed by atoms with Crippen LogP contribution in [0.25, 0.3) is 0 Å². The molecular weight excluding hydrogens is 395 g/mol. The molecule has 0 aliphatic carbocycles. The second-order valence-electron chi connectivity index (χ2n) is 6.41. The molecule has 0 radical (unpaired) electrons. The average Bonchev–Trinajstić information content (AvgIpc) is 2.83. The molecular formula is C19H18F3NO4S. The van der Waals surface area contributed by atoms with Crippen molar-refractivity contribution in [2.45, 2.75) is 11.7 Å². The molecule has 28 heavy (non-hydrogen) atoms. The van der Waals surface area contributed by atoms with Gasteiger partial charge in [-0.2, -0.15) is 4.39 Å². The van der Waals surface area contributed by atoms with Crippen LogP contribution in [-0.4, -0.2) is 45.2 Å². The molecule has 0 spiro atoms. The van der Waals surface area contributed by atoms with Gasteiger partial charge in [-0.15, -0.1) is 0 Å². The van der Waals surface area contributed by atoms with E-state index < -0.39 is 49.8 Å². The lowest BCUT2D eigenvalue weighted by atomic mass is 10.1. The zero-order valence-electron chi connectivity index (χ0n) is 15.0. The normalized spacial score (nSPS) is 19.1. The lowest BCUT2D eigenvalue weighted by molar-refractivity contribution is 0.0760. The molecule has 0 saturated carbocycles. The van der Waals surface area contributed by atoms with E-state index in [-0.39, 0.29) is 25.3 Å². The maximum atomic E-state index is 14.4. The van der Waals surface area contributed by atoms with Gasteiger partial charge in [-0.05, 0) is 18.1 Å². The molecule has 3 rings (SSSR count). The maximum absolute atomic E-state index is 14.4. The molecule has 1 atom stereocenters. The number of amides is 1. The lowest BCUT2D eigenvalue weighted by Crippen LogP contribution is -2.34. The third kappa shape index (κ3) is 3.71. The molecule has 1 aliphatic heterocycles. The van der Waals surface area contributed by atoms with E-state index in [1.54, 1.807) is 30.3 Å². The summed E-state index contributed by atoms with van der Waals surface area (Å²) in [5, 5.41) is -0.796. The molecule has 1 saturated heterocycles. The first-order valence-corrected chi connectivity index (χ1v) is 10.2. The first-order valence-electron chi connectivity index (χ1n) is 8.53. The molecule has 150 valence electrons. The van der Waals surface area contributed by atoms with Crippen molar-refractivity contribution in [1.82, 2.24) is 4.90 Å². The van der Waals surface area contributed by atoms with Crippen LogP contribution in [0.5, 0.6) is 5.75 Å². The van der Waals surface area contributed by atoms with Gasteiger partial charge in [-0.25, -0.2) is 17.2 Å². The fraction of sp³-hybridized carbons (Fsp3) is 0.316. The van der Waals surface area contributed by atoms with Crippen LogP contribution in [0.3, 0.4) is 0 Å². The Hall–Kier alpha value is -2.55. The summed E-state index contributed by atoms with van der Waals surface area (Å²) >= 11 is 0. The average molecular weight is 413 g/mol. The van der Waals surface area contributed by atoms with Gasteiger partial charge in [0.2, 0.25) is 5.82 Å². The van der Waals surface area contributed by atoms with Gasteiger partial charge < -0.3 is 9.64 Å². The van der Waals surface area contributed by atoms with E-state index in [1.165, 1.54) is 0 Å². The summed E-state index contributed by atoms with van der Waals surface area (Å²) in [6.45, 7) is -0.149. The van der Waals surface area contributed by atoms with Crippen molar-refractivity contribution in [1.29, 1.82) is 0 Å². The van der Waals surface area contributed by atoms with Crippen LogP contribution in [0, 0.1) is 17.5 Å². The molecule has 0 aromatic heterocycles. The van der Waals surface area contributed by atoms with Crippen molar-refractivity contribution < 1.29 is 31.1 Å². The third-order valence-corrected chi connectivity index (χ3v) is 6.88. The van der Waals surface area contributed by atoms with Gasteiger partial charge in [0.25, 0.3) is 5.91 Å². The van der Waals surface area contributed by atoms with Gasteiger partial charge in [0, 0.05) is 13.1 Å². The molecule has 2 aromatic carbocycles. The predicted octanol–water partition coefficient (Wildman–Crippen LogP) is 3.11. The van der Waals surface area contributed by atoms with E-state index in [4.69, 9.17) is 0 Å². The third-order valence-electron chi connectivity index (χ3n) is 4.75. The van der Waals surface area contributed by atoms with Crippen molar-refractivity contribution >= 4 is 15.7 Å². The summed E-state index contributed by atoms with van der Waals surface area (Å²) in [7, 11) is -2.59. The minimum atomic E-state index is -3.55. The Morgan fingerprint density at radius 1 is 1.11 bits per heavy atom. The minimum absolute atomic E-state index is 0.0262. The maximum Gasteiger partial charge on any atom is 0.257 e. The predicted molar refractivity (Wildman–Crippen MR) is 96.4 cm³/mol. The molecule has 0 bridgehead atoms. The Morgan fingerprint density at radius 2 is 1.79 bits per heavy atom. The minimum Gasteiger partial charge on any atom is -0.491 e. The molecule has 1 fully saturated rings. The highest BCUT2D eigenvalue weighted by atomic mass is 32.2. The zero-order chi connectivity index (χ0) is 20.5. The summed E-state index contributed by atoms with van der Waals surface area (Å²) in [4.78, 5) is 13.8. The molecule has 0 N–H and O–H groups in total. The first kappa shape index (κ1) is 20.2. The number of nitrogens with zero attached hydrogens (tertiary/aromatic N) is 1. The number of carbonyl (C=O) groups excluding carboxylic acids is 1. The Balaban J connectivity index is 1.90. The molecule has 0 unspecified atom stereocenters. The van der Waals surface area contributed by atoms with Crippen LogP contribution in [0.4, 0.5) is 13.2 Å². The van der Waals surface area contributed by atoms with Crippen LogP contribution in [0.15, 0.2) is 36.4 Å². The summed E-state index contributed by atoms with van der Waals surface area (Å²) in [5.41, 5.74) is -0.0937. The largest absolute Gasteiger partial charge is 0.491 e. The Morgan fingerprint density at radius 3 is 2.43 bits per heavy atom. The number of halogens is 3. The number of carbonyl (C=O) groups is 1. The van der Waals surface area contributed by atoms with Gasteiger partial charge in [0.05, 0.1) is 23.7 Å². The monoisotopic (exact) mass is 413 g/mol. The van der Waals surface area contributed by atoms with E-state index in [2.05, 4.69) is 4.74 Å². The Labute approximate surface area is 160 Å². The summed E-state index contributed by atoms with van der Waals surface area (Å²) < 4.78 is 71.5. The van der Waals surface area contributed by atoms with E-state index in [1.807, 2.05) is 0 Å². The SMILES string of the molecule is COc1c(F)c(F)cc(C(=O)N2CC[C@H](c3ccccc3)S(=O)(=O)CC2)c1F. The molecule has 9 heteroatoms. The van der Waals surface area contributed by atoms with Gasteiger partial charge in [0.1, 0.15) is 0 Å². The molecule has 5 nitrogen and oxygen atoms in total. The summed E-state index contributed by atoms with van der Waals surface area (Å²) in [6, 6.07) is 9.06. The highest BCUT2D eigenvalue weighted by Gasteiger charge is 2.34. The second kappa shape index (κ2) is 7.83. The molecule has 2 aromatic rings. The standard InChI is InChI=1S/C19H18F3NO4S/c1-27-18-16(21)13(11-14(20)17(18)22)19(24)23-8-7-15(28(25,26)10-9-23)12-5-3-2-4-6-12/h2-6,11,15H,7-10H2,1H3/t15-/m1/s1. The molecule has 1 aliphatic rings. The van der Waals surface area contributed by atoms with Gasteiger partial charge in [-0.1, -0.05) is 30.3 Å². The number of sulfone groups is 1. The quantitative estimate of drug-likeness (QED) is 0.726. The fourth-order valence-electron chi connectivity index (χ4n) is 3.27. The van der Waals surface area contributed by atoms with Crippen LogP contribution in [0.2, 0.25) is 0 Å². The van der Waals surface area contributed by atoms with E-state index in [0.29, 0.717) is 11.6 Å². The molecule has 1 amide bonds. The van der Waals surface area contributed by atoms with Crippen molar-refractivity contribution in [3.05, 3.63) is 65.0 Å².